The SMILES string of the molecule is C[C@H]1CC[C@H](C)N1C(=O)c1ccc(-c2ccc(OCCCN3CC[C@H](N(C)C)C3)cc2)cc1. The molecule has 2 heterocycles. The summed E-state index contributed by atoms with van der Waals surface area (Å²) in [4.78, 5) is 19.8. The van der Waals surface area contributed by atoms with Crippen LogP contribution in [-0.4, -0.2) is 79.1 Å². The number of rotatable bonds is 8. The van der Waals surface area contributed by atoms with Crippen molar-refractivity contribution in [3.63, 3.8) is 0 Å². The summed E-state index contributed by atoms with van der Waals surface area (Å²) in [5.74, 6) is 1.06. The van der Waals surface area contributed by atoms with Crippen LogP contribution in [0.4, 0.5) is 0 Å². The molecule has 33 heavy (non-hydrogen) atoms. The number of nitrogens with zero attached hydrogens (tertiary/aromatic N) is 3. The quantitative estimate of drug-likeness (QED) is 0.544. The molecule has 0 bridgehead atoms. The molecule has 2 aliphatic heterocycles. The molecule has 0 radical (unpaired) electrons. The summed E-state index contributed by atoms with van der Waals surface area (Å²) < 4.78 is 5.97. The molecule has 0 aromatic heterocycles. The van der Waals surface area contributed by atoms with Gasteiger partial charge in [0.1, 0.15) is 5.75 Å². The normalized spacial score (nSPS) is 23.4. The van der Waals surface area contributed by atoms with Gasteiger partial charge in [0.05, 0.1) is 6.61 Å². The van der Waals surface area contributed by atoms with Crippen LogP contribution < -0.4 is 4.74 Å². The molecule has 0 saturated carbocycles. The van der Waals surface area contributed by atoms with Gasteiger partial charge in [-0.15, -0.1) is 0 Å². The Labute approximate surface area is 199 Å². The van der Waals surface area contributed by atoms with Crippen molar-refractivity contribution in [3.8, 4) is 16.9 Å². The van der Waals surface area contributed by atoms with E-state index in [0.717, 1.165) is 54.9 Å². The largest absolute Gasteiger partial charge is 0.494 e. The minimum Gasteiger partial charge on any atom is -0.494 e. The Bertz CT molecular complexity index is 900. The molecule has 2 aliphatic rings. The smallest absolute Gasteiger partial charge is 0.254 e. The number of likely N-dealkylation sites (tertiary alicyclic amines) is 2. The predicted molar refractivity (Wildman–Crippen MR) is 135 cm³/mol. The molecule has 0 unspecified atom stereocenters. The van der Waals surface area contributed by atoms with Crippen molar-refractivity contribution in [3.05, 3.63) is 54.1 Å². The van der Waals surface area contributed by atoms with Gasteiger partial charge in [-0.1, -0.05) is 24.3 Å². The summed E-state index contributed by atoms with van der Waals surface area (Å²) in [6.45, 7) is 8.49. The number of carbonyl (C=O) groups is 1. The van der Waals surface area contributed by atoms with Gasteiger partial charge in [0, 0.05) is 36.8 Å². The van der Waals surface area contributed by atoms with Gasteiger partial charge < -0.3 is 19.4 Å². The van der Waals surface area contributed by atoms with Crippen LogP contribution >= 0.6 is 0 Å². The van der Waals surface area contributed by atoms with Crippen molar-refractivity contribution in [2.24, 2.45) is 0 Å². The summed E-state index contributed by atoms with van der Waals surface area (Å²) in [5.41, 5.74) is 3.02. The first kappa shape index (κ1) is 23.8. The minimum absolute atomic E-state index is 0.147. The van der Waals surface area contributed by atoms with Crippen LogP contribution in [0.1, 0.15) is 49.9 Å². The zero-order valence-corrected chi connectivity index (χ0v) is 20.7. The Morgan fingerprint density at radius 1 is 0.939 bits per heavy atom. The van der Waals surface area contributed by atoms with Crippen LogP contribution in [0, 0.1) is 0 Å². The third-order valence-electron chi connectivity index (χ3n) is 7.37. The summed E-state index contributed by atoms with van der Waals surface area (Å²) in [6.07, 6.45) is 4.50. The Balaban J connectivity index is 1.25. The number of likely N-dealkylation sites (N-methyl/N-ethyl adjacent to an activating group) is 1. The van der Waals surface area contributed by atoms with E-state index in [0.29, 0.717) is 18.1 Å². The highest BCUT2D eigenvalue weighted by Gasteiger charge is 2.31. The van der Waals surface area contributed by atoms with Crippen molar-refractivity contribution in [1.82, 2.24) is 14.7 Å². The van der Waals surface area contributed by atoms with Gasteiger partial charge >= 0.3 is 0 Å². The van der Waals surface area contributed by atoms with Crippen LogP contribution in [0.2, 0.25) is 0 Å². The van der Waals surface area contributed by atoms with Crippen molar-refractivity contribution in [2.45, 2.75) is 57.7 Å². The topological polar surface area (TPSA) is 36.0 Å². The zero-order valence-electron chi connectivity index (χ0n) is 20.7. The Kier molecular flexibility index (Phi) is 7.71. The average molecular weight is 450 g/mol. The van der Waals surface area contributed by atoms with Gasteiger partial charge in [-0.3, -0.25) is 4.79 Å². The molecule has 1 amide bonds. The van der Waals surface area contributed by atoms with Crippen LogP contribution in [-0.2, 0) is 0 Å². The molecule has 0 aliphatic carbocycles. The highest BCUT2D eigenvalue weighted by Crippen LogP contribution is 2.27. The maximum Gasteiger partial charge on any atom is 0.254 e. The molecule has 178 valence electrons. The number of hydrogen-bond donors (Lipinski definition) is 0. The number of hydrogen-bond acceptors (Lipinski definition) is 4. The molecule has 0 N–H and O–H groups in total. The molecule has 2 saturated heterocycles. The van der Waals surface area contributed by atoms with Crippen molar-refractivity contribution in [1.29, 1.82) is 0 Å². The molecule has 4 rings (SSSR count). The molecule has 0 spiro atoms. The lowest BCUT2D eigenvalue weighted by molar-refractivity contribution is 0.0693. The third-order valence-corrected chi connectivity index (χ3v) is 7.37. The van der Waals surface area contributed by atoms with E-state index in [9.17, 15) is 4.79 Å². The molecule has 5 heteroatoms. The van der Waals surface area contributed by atoms with Crippen molar-refractivity contribution < 1.29 is 9.53 Å². The predicted octanol–water partition coefficient (Wildman–Crippen LogP) is 4.77. The monoisotopic (exact) mass is 449 g/mol. The molecule has 2 fully saturated rings. The second-order valence-electron chi connectivity index (χ2n) is 10.00. The minimum atomic E-state index is 0.147. The van der Waals surface area contributed by atoms with E-state index >= 15 is 0 Å². The van der Waals surface area contributed by atoms with E-state index in [-0.39, 0.29) is 5.91 Å². The van der Waals surface area contributed by atoms with E-state index < -0.39 is 0 Å². The lowest BCUT2D eigenvalue weighted by atomic mass is 10.0. The Morgan fingerprint density at radius 2 is 1.55 bits per heavy atom. The van der Waals surface area contributed by atoms with E-state index in [2.05, 4.69) is 49.9 Å². The summed E-state index contributed by atoms with van der Waals surface area (Å²) >= 11 is 0. The van der Waals surface area contributed by atoms with E-state index in [1.807, 2.05) is 41.3 Å². The molecule has 2 aromatic rings. The fraction of sp³-hybridized carbons (Fsp3) is 0.536. The van der Waals surface area contributed by atoms with Crippen molar-refractivity contribution in [2.75, 3.05) is 40.3 Å². The Hall–Kier alpha value is -2.37. The van der Waals surface area contributed by atoms with Gasteiger partial charge in [0.15, 0.2) is 0 Å². The van der Waals surface area contributed by atoms with E-state index in [1.54, 1.807) is 0 Å². The summed E-state index contributed by atoms with van der Waals surface area (Å²) in [5, 5.41) is 0. The average Bonchev–Trinajstić information content (AvgIpc) is 3.43. The molecule has 5 nitrogen and oxygen atoms in total. The van der Waals surface area contributed by atoms with Gasteiger partial charge in [0.25, 0.3) is 5.91 Å². The number of benzene rings is 2. The molecular weight excluding hydrogens is 410 g/mol. The van der Waals surface area contributed by atoms with Gasteiger partial charge in [-0.05, 0) is 95.6 Å². The zero-order chi connectivity index (χ0) is 23.4. The molecular formula is C28H39N3O2. The lowest BCUT2D eigenvalue weighted by Crippen LogP contribution is -2.38. The molecule has 2 aromatic carbocycles. The van der Waals surface area contributed by atoms with Gasteiger partial charge in [-0.2, -0.15) is 0 Å². The number of carbonyl (C=O) groups excluding carboxylic acids is 1. The van der Waals surface area contributed by atoms with Crippen LogP contribution in [0.5, 0.6) is 5.75 Å². The highest BCUT2D eigenvalue weighted by molar-refractivity contribution is 5.95. The Morgan fingerprint density at radius 3 is 2.12 bits per heavy atom. The van der Waals surface area contributed by atoms with Crippen molar-refractivity contribution >= 4 is 5.91 Å². The first-order valence-corrected chi connectivity index (χ1v) is 12.5. The second kappa shape index (κ2) is 10.7. The van der Waals surface area contributed by atoms with Gasteiger partial charge in [-0.25, -0.2) is 0 Å². The fourth-order valence-corrected chi connectivity index (χ4v) is 5.21. The maximum atomic E-state index is 12.9. The number of ether oxygens (including phenoxy) is 1. The second-order valence-corrected chi connectivity index (χ2v) is 10.00. The maximum absolute atomic E-state index is 12.9. The third kappa shape index (κ3) is 5.77. The summed E-state index contributed by atoms with van der Waals surface area (Å²) in [6, 6.07) is 17.6. The fourth-order valence-electron chi connectivity index (χ4n) is 5.21. The summed E-state index contributed by atoms with van der Waals surface area (Å²) in [7, 11) is 4.34. The lowest BCUT2D eigenvalue weighted by Gasteiger charge is -2.26. The van der Waals surface area contributed by atoms with Crippen LogP contribution in [0.25, 0.3) is 11.1 Å². The number of amides is 1. The van der Waals surface area contributed by atoms with Gasteiger partial charge in [0.2, 0.25) is 0 Å². The highest BCUT2D eigenvalue weighted by atomic mass is 16.5. The standard InChI is InChI=1S/C28H39N3O2/c1-21-6-7-22(2)31(21)28(32)25-10-8-23(9-11-25)24-12-14-27(15-13-24)33-19-5-17-30-18-16-26(20-30)29(3)4/h8-15,21-22,26H,5-7,16-20H2,1-4H3/t21-,22-,26-/m0/s1. The first-order chi connectivity index (χ1) is 15.9. The molecule has 3 atom stereocenters. The van der Waals surface area contributed by atoms with Crippen LogP contribution in [0.3, 0.4) is 0 Å². The van der Waals surface area contributed by atoms with E-state index in [4.69, 9.17) is 4.74 Å². The van der Waals surface area contributed by atoms with E-state index in [1.165, 1.54) is 19.5 Å². The first-order valence-electron chi connectivity index (χ1n) is 12.5. The van der Waals surface area contributed by atoms with Crippen LogP contribution in [0.15, 0.2) is 48.5 Å².